The third-order valence-corrected chi connectivity index (χ3v) is 7.87. The van der Waals surface area contributed by atoms with Gasteiger partial charge in [-0.15, -0.1) is 11.3 Å². The van der Waals surface area contributed by atoms with Crippen LogP contribution in [0.25, 0.3) is 21.0 Å². The molecule has 0 bridgehead atoms. The molecule has 2 aromatic carbocycles. The number of ether oxygens (including phenoxy) is 2. The Morgan fingerprint density at radius 3 is 2.84 bits per heavy atom. The molecule has 5 nitrogen and oxygen atoms in total. The summed E-state index contributed by atoms with van der Waals surface area (Å²) in [5.74, 6) is 2.33. The van der Waals surface area contributed by atoms with E-state index in [0.717, 1.165) is 41.8 Å². The molecule has 1 aliphatic rings. The summed E-state index contributed by atoms with van der Waals surface area (Å²) in [7, 11) is 1.74. The van der Waals surface area contributed by atoms with Crippen molar-refractivity contribution in [1.29, 1.82) is 0 Å². The number of fused-ring (bicyclic) bond motifs is 2. The van der Waals surface area contributed by atoms with Crippen LogP contribution in [-0.2, 0) is 0 Å². The zero-order valence-corrected chi connectivity index (χ0v) is 19.4. The van der Waals surface area contributed by atoms with Crippen LogP contribution in [0.15, 0.2) is 54.7 Å². The van der Waals surface area contributed by atoms with Gasteiger partial charge in [-0.2, -0.15) is 0 Å². The molecule has 168 valence electrons. The second-order valence-electron chi connectivity index (χ2n) is 8.75. The summed E-state index contributed by atoms with van der Waals surface area (Å²) >= 11 is 1.89. The van der Waals surface area contributed by atoms with Crippen LogP contribution in [0.5, 0.6) is 11.5 Å². The number of rotatable bonds is 7. The van der Waals surface area contributed by atoms with Gasteiger partial charge in [0.15, 0.2) is 0 Å². The van der Waals surface area contributed by atoms with Gasteiger partial charge in [0.05, 0.1) is 7.11 Å². The van der Waals surface area contributed by atoms with Gasteiger partial charge in [-0.1, -0.05) is 12.1 Å². The number of likely N-dealkylation sites (tertiary alicyclic amines) is 1. The highest BCUT2D eigenvalue weighted by atomic mass is 32.1. The van der Waals surface area contributed by atoms with Crippen LogP contribution < -0.4 is 9.47 Å². The van der Waals surface area contributed by atoms with Crippen LogP contribution in [0.3, 0.4) is 0 Å². The van der Waals surface area contributed by atoms with E-state index in [0.29, 0.717) is 25.1 Å². The normalized spacial score (nSPS) is 20.6. The zero-order chi connectivity index (χ0) is 22.1. The number of aliphatic hydroxyl groups excluding tert-OH is 1. The fourth-order valence-electron chi connectivity index (χ4n) is 4.88. The van der Waals surface area contributed by atoms with Gasteiger partial charge in [0.25, 0.3) is 0 Å². The fraction of sp³-hybridized carbons (Fsp3) is 0.385. The van der Waals surface area contributed by atoms with Crippen molar-refractivity contribution in [3.63, 3.8) is 0 Å². The topological polar surface area (TPSA) is 57.7 Å². The van der Waals surface area contributed by atoms with E-state index in [4.69, 9.17) is 9.47 Å². The van der Waals surface area contributed by atoms with E-state index in [1.807, 2.05) is 47.9 Å². The minimum Gasteiger partial charge on any atom is -0.496 e. The van der Waals surface area contributed by atoms with Gasteiger partial charge in [0, 0.05) is 44.6 Å². The largest absolute Gasteiger partial charge is 0.496 e. The molecule has 0 amide bonds. The van der Waals surface area contributed by atoms with Crippen LogP contribution in [0.2, 0.25) is 0 Å². The van der Waals surface area contributed by atoms with Crippen molar-refractivity contribution < 1.29 is 14.6 Å². The Morgan fingerprint density at radius 2 is 2.00 bits per heavy atom. The maximum atomic E-state index is 10.7. The Morgan fingerprint density at radius 1 is 1.16 bits per heavy atom. The lowest BCUT2D eigenvalue weighted by Gasteiger charge is -2.38. The number of methoxy groups -OCH3 is 1. The predicted octanol–water partition coefficient (Wildman–Crippen LogP) is 5.40. The lowest BCUT2D eigenvalue weighted by atomic mass is 9.90. The molecule has 32 heavy (non-hydrogen) atoms. The standard InChI is InChI=1S/C26H30N2O3S/c1-17-13-18(26-14-21-23(30-2)6-4-8-25(21)32-26)10-12-28(17)15-19(29)16-31-24-7-3-5-22-20(24)9-11-27-22/h3-9,11,14,17-19,27,29H,10,12-13,15-16H2,1-2H3/t17-,18?,19?/m0/s1. The quantitative estimate of drug-likeness (QED) is 0.396. The van der Waals surface area contributed by atoms with Crippen molar-refractivity contribution >= 4 is 32.3 Å². The number of nitrogens with zero attached hydrogens (tertiary/aromatic N) is 1. The van der Waals surface area contributed by atoms with Crippen molar-refractivity contribution in [3.8, 4) is 11.5 Å². The molecule has 1 fully saturated rings. The molecule has 5 rings (SSSR count). The summed E-state index contributed by atoms with van der Waals surface area (Å²) in [6.07, 6.45) is 3.60. The first-order valence-electron chi connectivity index (χ1n) is 11.3. The molecular weight excluding hydrogens is 420 g/mol. The molecule has 1 aliphatic heterocycles. The van der Waals surface area contributed by atoms with E-state index in [1.165, 1.54) is 15.0 Å². The molecule has 0 aliphatic carbocycles. The van der Waals surface area contributed by atoms with Gasteiger partial charge in [-0.05, 0) is 68.6 Å². The van der Waals surface area contributed by atoms with Crippen molar-refractivity contribution in [2.24, 2.45) is 0 Å². The molecule has 0 saturated carbocycles. The van der Waals surface area contributed by atoms with E-state index in [1.54, 1.807) is 7.11 Å². The van der Waals surface area contributed by atoms with Crippen molar-refractivity contribution in [2.75, 3.05) is 26.8 Å². The lowest BCUT2D eigenvalue weighted by molar-refractivity contribution is 0.0408. The monoisotopic (exact) mass is 450 g/mol. The summed E-state index contributed by atoms with van der Waals surface area (Å²) in [6, 6.07) is 17.0. The molecule has 2 aromatic heterocycles. The van der Waals surface area contributed by atoms with E-state index in [-0.39, 0.29) is 0 Å². The van der Waals surface area contributed by atoms with Gasteiger partial charge < -0.3 is 19.6 Å². The van der Waals surface area contributed by atoms with Gasteiger partial charge in [0.2, 0.25) is 0 Å². The summed E-state index contributed by atoms with van der Waals surface area (Å²) in [5, 5.41) is 12.9. The van der Waals surface area contributed by atoms with Gasteiger partial charge >= 0.3 is 0 Å². The third-order valence-electron chi connectivity index (χ3n) is 6.61. The first kappa shape index (κ1) is 21.3. The Balaban J connectivity index is 1.18. The summed E-state index contributed by atoms with van der Waals surface area (Å²) in [4.78, 5) is 7.04. The summed E-state index contributed by atoms with van der Waals surface area (Å²) < 4.78 is 12.8. The predicted molar refractivity (Wildman–Crippen MR) is 131 cm³/mol. The number of aromatic nitrogens is 1. The van der Waals surface area contributed by atoms with E-state index >= 15 is 0 Å². The smallest absolute Gasteiger partial charge is 0.128 e. The number of aliphatic hydroxyl groups is 1. The van der Waals surface area contributed by atoms with Crippen LogP contribution in [0.1, 0.15) is 30.6 Å². The van der Waals surface area contributed by atoms with Gasteiger partial charge in [-0.25, -0.2) is 0 Å². The zero-order valence-electron chi connectivity index (χ0n) is 18.6. The number of H-pyrrole nitrogens is 1. The molecule has 1 saturated heterocycles. The summed E-state index contributed by atoms with van der Waals surface area (Å²) in [6.45, 7) is 4.19. The molecule has 0 spiro atoms. The van der Waals surface area contributed by atoms with Crippen LogP contribution in [0.4, 0.5) is 0 Å². The maximum Gasteiger partial charge on any atom is 0.128 e. The number of β-amino-alcohol motifs (C(OH)–C–C–N with tert-alkyl or cyclic N) is 1. The number of aromatic amines is 1. The highest BCUT2D eigenvalue weighted by Crippen LogP contribution is 2.40. The molecule has 3 atom stereocenters. The third kappa shape index (κ3) is 4.22. The number of piperidine rings is 1. The second kappa shape index (κ2) is 9.14. The lowest BCUT2D eigenvalue weighted by Crippen LogP contribution is -2.45. The summed E-state index contributed by atoms with van der Waals surface area (Å²) in [5.41, 5.74) is 1.05. The van der Waals surface area contributed by atoms with E-state index < -0.39 is 6.10 Å². The van der Waals surface area contributed by atoms with Gasteiger partial charge in [-0.3, -0.25) is 4.90 Å². The first-order chi connectivity index (χ1) is 15.6. The SMILES string of the molecule is COc1cccc2sc(C3CCN(CC(O)COc4cccc5[nH]ccc45)[C@@H](C)C3)cc12. The highest BCUT2D eigenvalue weighted by Gasteiger charge is 2.29. The maximum absolute atomic E-state index is 10.7. The molecule has 4 aromatic rings. The molecular formula is C26H30N2O3S. The van der Waals surface area contributed by atoms with Crippen LogP contribution >= 0.6 is 11.3 Å². The molecule has 2 unspecified atom stereocenters. The Bertz CT molecular complexity index is 1200. The molecule has 3 heterocycles. The van der Waals surface area contributed by atoms with Crippen LogP contribution in [0, 0.1) is 0 Å². The average Bonchev–Trinajstić information content (AvgIpc) is 3.46. The van der Waals surface area contributed by atoms with Gasteiger partial charge in [0.1, 0.15) is 24.2 Å². The Hall–Kier alpha value is -2.54. The number of benzene rings is 2. The second-order valence-corrected chi connectivity index (χ2v) is 9.86. The Labute approximate surface area is 192 Å². The van der Waals surface area contributed by atoms with E-state index in [9.17, 15) is 5.11 Å². The number of nitrogens with one attached hydrogen (secondary N) is 1. The Kier molecular flexibility index (Phi) is 6.09. The molecule has 6 heteroatoms. The number of hydrogen-bond donors (Lipinski definition) is 2. The van der Waals surface area contributed by atoms with Crippen molar-refractivity contribution in [1.82, 2.24) is 9.88 Å². The minimum atomic E-state index is -0.517. The highest BCUT2D eigenvalue weighted by molar-refractivity contribution is 7.19. The number of thiophene rings is 1. The average molecular weight is 451 g/mol. The molecule has 2 N–H and O–H groups in total. The number of hydrogen-bond acceptors (Lipinski definition) is 5. The van der Waals surface area contributed by atoms with Crippen molar-refractivity contribution in [2.45, 2.75) is 37.8 Å². The first-order valence-corrected chi connectivity index (χ1v) is 12.1. The molecule has 0 radical (unpaired) electrons. The van der Waals surface area contributed by atoms with E-state index in [2.05, 4.69) is 35.0 Å². The van der Waals surface area contributed by atoms with Crippen LogP contribution in [-0.4, -0.2) is 53.9 Å². The fourth-order valence-corrected chi connectivity index (χ4v) is 6.10. The minimum absolute atomic E-state index is 0.299. The van der Waals surface area contributed by atoms with Crippen molar-refractivity contribution in [3.05, 3.63) is 59.6 Å².